The molecule has 31 heavy (non-hydrogen) atoms. The topological polar surface area (TPSA) is 90.0 Å². The molecule has 0 spiro atoms. The lowest BCUT2D eigenvalue weighted by Gasteiger charge is -2.26. The molecule has 0 N–H and O–H groups in total. The molecule has 3 rings (SSSR count). The summed E-state index contributed by atoms with van der Waals surface area (Å²) in [6, 6.07) is 12.3. The molecule has 2 aromatic carbocycles. The van der Waals surface area contributed by atoms with Crippen LogP contribution in [0.1, 0.15) is 53.8 Å². The average Bonchev–Trinajstić information content (AvgIpc) is 2.80. The van der Waals surface area contributed by atoms with E-state index in [1.807, 2.05) is 6.92 Å². The summed E-state index contributed by atoms with van der Waals surface area (Å²) >= 11 is 0. The quantitative estimate of drug-likeness (QED) is 0.455. The first kappa shape index (κ1) is 23.0. The van der Waals surface area contributed by atoms with Crippen molar-refractivity contribution < 1.29 is 27.5 Å². The molecule has 166 valence electrons. The zero-order valence-corrected chi connectivity index (χ0v) is 18.6. The summed E-state index contributed by atoms with van der Waals surface area (Å²) in [6.45, 7) is 4.83. The van der Waals surface area contributed by atoms with Crippen molar-refractivity contribution in [3.63, 3.8) is 0 Å². The highest BCUT2D eigenvalue weighted by Crippen LogP contribution is 2.22. The molecule has 0 unspecified atom stereocenters. The van der Waals surface area contributed by atoms with E-state index >= 15 is 0 Å². The molecule has 8 heteroatoms. The number of ether oxygens (including phenoxy) is 2. The molecule has 1 atom stereocenters. The fourth-order valence-electron chi connectivity index (χ4n) is 3.44. The first-order chi connectivity index (χ1) is 14.8. The summed E-state index contributed by atoms with van der Waals surface area (Å²) in [6.07, 6.45) is 1.64. The monoisotopic (exact) mass is 445 g/mol. The largest absolute Gasteiger partial charge is 0.494 e. The fraction of sp³-hybridized carbons (Fsp3) is 0.391. The molecule has 1 aliphatic rings. The van der Waals surface area contributed by atoms with E-state index in [0.717, 1.165) is 19.3 Å². The minimum absolute atomic E-state index is 0.0503. The van der Waals surface area contributed by atoms with Gasteiger partial charge in [-0.2, -0.15) is 4.31 Å². The number of hydrogen-bond donors (Lipinski definition) is 0. The van der Waals surface area contributed by atoms with Gasteiger partial charge in [0.2, 0.25) is 15.8 Å². The number of benzene rings is 2. The Labute approximate surface area is 183 Å². The molecule has 1 fully saturated rings. The van der Waals surface area contributed by atoms with E-state index in [9.17, 15) is 18.0 Å². The van der Waals surface area contributed by atoms with Gasteiger partial charge in [-0.3, -0.25) is 4.79 Å². The van der Waals surface area contributed by atoms with Gasteiger partial charge in [0.25, 0.3) is 0 Å². The van der Waals surface area contributed by atoms with Crippen molar-refractivity contribution in [3.05, 3.63) is 59.7 Å². The fourth-order valence-corrected chi connectivity index (χ4v) is 5.00. The van der Waals surface area contributed by atoms with Crippen LogP contribution in [0.2, 0.25) is 0 Å². The van der Waals surface area contributed by atoms with Gasteiger partial charge in [-0.15, -0.1) is 0 Å². The Morgan fingerprint density at radius 1 is 1.00 bits per heavy atom. The zero-order chi connectivity index (χ0) is 22.4. The SMILES string of the molecule is CCOc1ccc(C(=O)[C@@H](C)OC(=O)c2cccc(S(=O)(=O)N3CCCCC3)c2)cc1. The van der Waals surface area contributed by atoms with Crippen molar-refractivity contribution in [2.75, 3.05) is 19.7 Å². The van der Waals surface area contributed by atoms with Gasteiger partial charge < -0.3 is 9.47 Å². The Kier molecular flexibility index (Phi) is 7.46. The van der Waals surface area contributed by atoms with Crippen molar-refractivity contribution in [3.8, 4) is 5.75 Å². The van der Waals surface area contributed by atoms with Crippen LogP contribution in [0.15, 0.2) is 53.4 Å². The molecule has 0 aromatic heterocycles. The van der Waals surface area contributed by atoms with Gasteiger partial charge >= 0.3 is 5.97 Å². The Balaban J connectivity index is 1.70. The minimum atomic E-state index is -3.67. The number of ketones is 1. The smallest absolute Gasteiger partial charge is 0.338 e. The van der Waals surface area contributed by atoms with Gasteiger partial charge in [0.05, 0.1) is 17.1 Å². The van der Waals surface area contributed by atoms with E-state index in [1.54, 1.807) is 24.3 Å². The molecule has 0 amide bonds. The van der Waals surface area contributed by atoms with E-state index in [0.29, 0.717) is 31.0 Å². The third-order valence-corrected chi connectivity index (χ3v) is 7.02. The molecule has 0 radical (unpaired) electrons. The minimum Gasteiger partial charge on any atom is -0.494 e. The van der Waals surface area contributed by atoms with Crippen molar-refractivity contribution in [2.24, 2.45) is 0 Å². The first-order valence-corrected chi connectivity index (χ1v) is 11.8. The van der Waals surface area contributed by atoms with E-state index < -0.39 is 22.1 Å². The third-order valence-electron chi connectivity index (χ3n) is 5.13. The second-order valence-electron chi connectivity index (χ2n) is 7.36. The zero-order valence-electron chi connectivity index (χ0n) is 17.7. The highest BCUT2D eigenvalue weighted by Gasteiger charge is 2.27. The molecular weight excluding hydrogens is 418 g/mol. The van der Waals surface area contributed by atoms with Crippen LogP contribution in [0.5, 0.6) is 5.75 Å². The number of carbonyl (C=O) groups is 2. The number of hydrogen-bond acceptors (Lipinski definition) is 6. The lowest BCUT2D eigenvalue weighted by atomic mass is 10.1. The number of nitrogens with zero attached hydrogens (tertiary/aromatic N) is 1. The van der Waals surface area contributed by atoms with Gasteiger partial charge in [-0.05, 0) is 69.2 Å². The van der Waals surface area contributed by atoms with Crippen LogP contribution in [0.4, 0.5) is 0 Å². The molecule has 1 saturated heterocycles. The Bertz CT molecular complexity index is 1030. The highest BCUT2D eigenvalue weighted by atomic mass is 32.2. The number of esters is 1. The summed E-state index contributed by atoms with van der Waals surface area (Å²) in [5.74, 6) is -0.452. The van der Waals surface area contributed by atoms with Crippen LogP contribution >= 0.6 is 0 Å². The Morgan fingerprint density at radius 2 is 1.68 bits per heavy atom. The number of sulfonamides is 1. The van der Waals surface area contributed by atoms with Gasteiger partial charge in [0.15, 0.2) is 6.10 Å². The molecule has 0 aliphatic carbocycles. The number of rotatable bonds is 8. The Morgan fingerprint density at radius 3 is 2.32 bits per heavy atom. The van der Waals surface area contributed by atoms with Gasteiger partial charge in [0, 0.05) is 18.7 Å². The molecule has 0 bridgehead atoms. The van der Waals surface area contributed by atoms with Gasteiger partial charge in [0.1, 0.15) is 5.75 Å². The molecule has 0 saturated carbocycles. The summed E-state index contributed by atoms with van der Waals surface area (Å²) in [5.41, 5.74) is 0.481. The summed E-state index contributed by atoms with van der Waals surface area (Å²) in [5, 5.41) is 0. The molecule has 7 nitrogen and oxygen atoms in total. The van der Waals surface area contributed by atoms with Crippen LogP contribution in [-0.4, -0.2) is 50.3 Å². The normalized spacial score (nSPS) is 15.8. The van der Waals surface area contributed by atoms with Crippen molar-refractivity contribution >= 4 is 21.8 Å². The predicted octanol–water partition coefficient (Wildman–Crippen LogP) is 3.69. The summed E-state index contributed by atoms with van der Waals surface area (Å²) in [4.78, 5) is 25.2. The Hall–Kier alpha value is -2.71. The van der Waals surface area contributed by atoms with E-state index in [4.69, 9.17) is 9.47 Å². The van der Waals surface area contributed by atoms with Crippen LogP contribution in [0.25, 0.3) is 0 Å². The van der Waals surface area contributed by atoms with E-state index in [1.165, 1.54) is 35.5 Å². The standard InChI is InChI=1S/C23H27NO6S/c1-3-29-20-12-10-18(11-13-20)22(25)17(2)30-23(26)19-8-7-9-21(16-19)31(27,28)24-14-5-4-6-15-24/h7-13,16-17H,3-6,14-15H2,1-2H3/t17-/m1/s1. The van der Waals surface area contributed by atoms with Crippen molar-refractivity contribution in [2.45, 2.75) is 44.1 Å². The van der Waals surface area contributed by atoms with E-state index in [2.05, 4.69) is 0 Å². The summed E-state index contributed by atoms with van der Waals surface area (Å²) < 4.78 is 37.8. The molecule has 1 heterocycles. The van der Waals surface area contributed by atoms with Crippen LogP contribution < -0.4 is 4.74 Å². The lowest BCUT2D eigenvalue weighted by molar-refractivity contribution is 0.0318. The maximum absolute atomic E-state index is 12.9. The number of Topliss-reactive ketones (excluding diaryl/α,β-unsaturated/α-hetero) is 1. The van der Waals surface area contributed by atoms with Gasteiger partial charge in [-0.25, -0.2) is 13.2 Å². The molecule has 1 aliphatic heterocycles. The predicted molar refractivity (Wildman–Crippen MR) is 116 cm³/mol. The van der Waals surface area contributed by atoms with Gasteiger partial charge in [-0.1, -0.05) is 12.5 Å². The number of carbonyl (C=O) groups excluding carboxylic acids is 2. The first-order valence-electron chi connectivity index (χ1n) is 10.4. The van der Waals surface area contributed by atoms with Crippen molar-refractivity contribution in [1.29, 1.82) is 0 Å². The summed E-state index contributed by atoms with van der Waals surface area (Å²) in [7, 11) is -3.67. The highest BCUT2D eigenvalue weighted by molar-refractivity contribution is 7.89. The number of piperidine rings is 1. The van der Waals surface area contributed by atoms with Crippen LogP contribution in [0, 0.1) is 0 Å². The maximum atomic E-state index is 12.9. The molecule has 2 aromatic rings. The molecular formula is C23H27NO6S. The second kappa shape index (κ2) is 10.1. The maximum Gasteiger partial charge on any atom is 0.338 e. The third kappa shape index (κ3) is 5.51. The average molecular weight is 446 g/mol. The van der Waals surface area contributed by atoms with E-state index in [-0.39, 0.29) is 16.2 Å². The second-order valence-corrected chi connectivity index (χ2v) is 9.30. The van der Waals surface area contributed by atoms with Crippen LogP contribution in [-0.2, 0) is 14.8 Å². The lowest BCUT2D eigenvalue weighted by Crippen LogP contribution is -2.35. The van der Waals surface area contributed by atoms with Crippen LogP contribution in [0.3, 0.4) is 0 Å². The van der Waals surface area contributed by atoms with Crippen molar-refractivity contribution in [1.82, 2.24) is 4.31 Å².